The van der Waals surface area contributed by atoms with Gasteiger partial charge in [0.25, 0.3) is 5.91 Å². The molecule has 1 amide bonds. The SMILES string of the molecule is CC(C)(CCO)CNC1CCN(C(=O)c2ccc(Cl)cc2)CC1. The molecule has 2 N–H and O–H groups in total. The second kappa shape index (κ2) is 8.13. The van der Waals surface area contributed by atoms with Gasteiger partial charge in [-0.2, -0.15) is 0 Å². The number of piperidine rings is 1. The molecule has 2 rings (SSSR count). The van der Waals surface area contributed by atoms with Crippen molar-refractivity contribution in [2.75, 3.05) is 26.2 Å². The maximum Gasteiger partial charge on any atom is 0.253 e. The van der Waals surface area contributed by atoms with E-state index in [-0.39, 0.29) is 17.9 Å². The van der Waals surface area contributed by atoms with Crippen LogP contribution in [0.5, 0.6) is 0 Å². The molecule has 23 heavy (non-hydrogen) atoms. The molecule has 1 aliphatic heterocycles. The minimum Gasteiger partial charge on any atom is -0.396 e. The van der Waals surface area contributed by atoms with Gasteiger partial charge in [-0.15, -0.1) is 0 Å². The molecular weight excluding hydrogens is 312 g/mol. The van der Waals surface area contributed by atoms with Gasteiger partial charge in [0.15, 0.2) is 0 Å². The van der Waals surface area contributed by atoms with E-state index in [1.807, 2.05) is 4.90 Å². The van der Waals surface area contributed by atoms with Crippen LogP contribution in [-0.2, 0) is 0 Å². The number of aliphatic hydroxyl groups is 1. The van der Waals surface area contributed by atoms with Gasteiger partial charge in [-0.1, -0.05) is 25.4 Å². The number of hydrogen-bond donors (Lipinski definition) is 2. The molecule has 0 unspecified atom stereocenters. The van der Waals surface area contributed by atoms with Gasteiger partial charge in [0.05, 0.1) is 0 Å². The largest absolute Gasteiger partial charge is 0.396 e. The first-order valence-corrected chi connectivity index (χ1v) is 8.68. The Morgan fingerprint density at radius 3 is 2.48 bits per heavy atom. The number of halogens is 1. The van der Waals surface area contributed by atoms with Crippen molar-refractivity contribution in [3.63, 3.8) is 0 Å². The molecule has 4 nitrogen and oxygen atoms in total. The van der Waals surface area contributed by atoms with Crippen molar-refractivity contribution in [3.05, 3.63) is 34.9 Å². The maximum absolute atomic E-state index is 12.5. The molecule has 1 aromatic rings. The lowest BCUT2D eigenvalue weighted by molar-refractivity contribution is 0.0700. The Morgan fingerprint density at radius 2 is 1.91 bits per heavy atom. The van der Waals surface area contributed by atoms with Crippen LogP contribution in [-0.4, -0.2) is 48.2 Å². The molecule has 1 heterocycles. The monoisotopic (exact) mass is 338 g/mol. The van der Waals surface area contributed by atoms with Crippen LogP contribution in [0.1, 0.15) is 43.5 Å². The van der Waals surface area contributed by atoms with Crippen LogP contribution < -0.4 is 5.32 Å². The van der Waals surface area contributed by atoms with Crippen molar-refractivity contribution < 1.29 is 9.90 Å². The zero-order valence-corrected chi connectivity index (χ0v) is 14.8. The summed E-state index contributed by atoms with van der Waals surface area (Å²) < 4.78 is 0. The lowest BCUT2D eigenvalue weighted by Crippen LogP contribution is -2.47. The molecule has 1 saturated heterocycles. The van der Waals surface area contributed by atoms with E-state index in [2.05, 4.69) is 19.2 Å². The number of carbonyl (C=O) groups excluding carboxylic acids is 1. The van der Waals surface area contributed by atoms with E-state index >= 15 is 0 Å². The van der Waals surface area contributed by atoms with Gasteiger partial charge < -0.3 is 15.3 Å². The predicted octanol–water partition coefficient (Wildman–Crippen LogP) is 2.94. The van der Waals surface area contributed by atoms with Gasteiger partial charge in [-0.25, -0.2) is 0 Å². The summed E-state index contributed by atoms with van der Waals surface area (Å²) in [5.41, 5.74) is 0.801. The lowest BCUT2D eigenvalue weighted by atomic mass is 9.89. The number of amides is 1. The van der Waals surface area contributed by atoms with Gasteiger partial charge in [-0.05, 0) is 48.9 Å². The zero-order chi connectivity index (χ0) is 16.9. The van der Waals surface area contributed by atoms with E-state index < -0.39 is 0 Å². The third kappa shape index (κ3) is 5.48. The topological polar surface area (TPSA) is 52.6 Å². The normalized spacial score (nSPS) is 16.6. The molecule has 0 aromatic heterocycles. The quantitative estimate of drug-likeness (QED) is 0.838. The van der Waals surface area contributed by atoms with E-state index in [1.54, 1.807) is 24.3 Å². The molecule has 0 bridgehead atoms. The van der Waals surface area contributed by atoms with Crippen molar-refractivity contribution >= 4 is 17.5 Å². The van der Waals surface area contributed by atoms with Crippen LogP contribution in [0.15, 0.2) is 24.3 Å². The van der Waals surface area contributed by atoms with Crippen molar-refractivity contribution in [2.24, 2.45) is 5.41 Å². The fourth-order valence-electron chi connectivity index (χ4n) is 2.87. The smallest absolute Gasteiger partial charge is 0.253 e. The molecule has 128 valence electrons. The van der Waals surface area contributed by atoms with Crippen LogP contribution in [0, 0.1) is 5.41 Å². The molecule has 1 aromatic carbocycles. The summed E-state index contributed by atoms with van der Waals surface area (Å²) in [7, 11) is 0. The highest BCUT2D eigenvalue weighted by atomic mass is 35.5. The standard InChI is InChI=1S/C18H27ClN2O2/c1-18(2,9-12-22)13-20-16-7-10-21(11-8-16)17(23)14-3-5-15(19)6-4-14/h3-6,16,20,22H,7-13H2,1-2H3. The molecule has 1 aliphatic rings. The van der Waals surface area contributed by atoms with E-state index in [0.717, 1.165) is 38.9 Å². The van der Waals surface area contributed by atoms with Crippen molar-refractivity contribution in [3.8, 4) is 0 Å². The van der Waals surface area contributed by atoms with Gasteiger partial charge in [0.2, 0.25) is 0 Å². The minimum absolute atomic E-state index is 0.0840. The zero-order valence-electron chi connectivity index (χ0n) is 14.0. The van der Waals surface area contributed by atoms with Crippen molar-refractivity contribution in [1.82, 2.24) is 10.2 Å². The molecule has 0 aliphatic carbocycles. The summed E-state index contributed by atoms with van der Waals surface area (Å²) in [6.45, 7) is 7.00. The number of hydrogen-bond acceptors (Lipinski definition) is 3. The van der Waals surface area contributed by atoms with Gasteiger partial charge in [0, 0.05) is 42.9 Å². The Bertz CT molecular complexity index is 508. The second-order valence-corrected chi connectivity index (χ2v) is 7.53. The Kier molecular flexibility index (Phi) is 6.45. The lowest BCUT2D eigenvalue weighted by Gasteiger charge is -2.34. The fourth-order valence-corrected chi connectivity index (χ4v) is 3.00. The number of likely N-dealkylation sites (tertiary alicyclic amines) is 1. The maximum atomic E-state index is 12.5. The molecular formula is C18H27ClN2O2. The van der Waals surface area contributed by atoms with Crippen molar-refractivity contribution in [2.45, 2.75) is 39.2 Å². The number of nitrogens with zero attached hydrogens (tertiary/aromatic N) is 1. The summed E-state index contributed by atoms with van der Waals surface area (Å²) >= 11 is 5.87. The van der Waals surface area contributed by atoms with Gasteiger partial charge >= 0.3 is 0 Å². The summed E-state index contributed by atoms with van der Waals surface area (Å²) in [6, 6.07) is 7.53. The van der Waals surface area contributed by atoms with Crippen LogP contribution in [0.25, 0.3) is 0 Å². The number of rotatable bonds is 6. The summed E-state index contributed by atoms with van der Waals surface area (Å²) in [4.78, 5) is 14.4. The van der Waals surface area contributed by atoms with Crippen LogP contribution in [0.4, 0.5) is 0 Å². The Labute approximate surface area is 143 Å². The average molecular weight is 339 g/mol. The first-order chi connectivity index (χ1) is 10.9. The molecule has 0 radical (unpaired) electrons. The van der Waals surface area contributed by atoms with Crippen LogP contribution >= 0.6 is 11.6 Å². The second-order valence-electron chi connectivity index (χ2n) is 7.09. The van der Waals surface area contributed by atoms with E-state index in [0.29, 0.717) is 16.6 Å². The van der Waals surface area contributed by atoms with E-state index in [1.165, 1.54) is 0 Å². The highest BCUT2D eigenvalue weighted by Gasteiger charge is 2.25. The van der Waals surface area contributed by atoms with Gasteiger partial charge in [0.1, 0.15) is 0 Å². The third-order valence-electron chi connectivity index (χ3n) is 4.53. The highest BCUT2D eigenvalue weighted by molar-refractivity contribution is 6.30. The summed E-state index contributed by atoms with van der Waals surface area (Å²) in [5, 5.41) is 13.3. The highest BCUT2D eigenvalue weighted by Crippen LogP contribution is 2.20. The number of aliphatic hydroxyl groups excluding tert-OH is 1. The molecule has 5 heteroatoms. The summed E-state index contributed by atoms with van der Waals surface area (Å²) in [6.07, 6.45) is 2.73. The third-order valence-corrected chi connectivity index (χ3v) is 4.78. The molecule has 0 atom stereocenters. The fraction of sp³-hybridized carbons (Fsp3) is 0.611. The van der Waals surface area contributed by atoms with Crippen LogP contribution in [0.3, 0.4) is 0 Å². The van der Waals surface area contributed by atoms with Crippen LogP contribution in [0.2, 0.25) is 5.02 Å². The predicted molar refractivity (Wildman–Crippen MR) is 93.9 cm³/mol. The number of nitrogens with one attached hydrogen (secondary N) is 1. The number of carbonyl (C=O) groups is 1. The van der Waals surface area contributed by atoms with E-state index in [4.69, 9.17) is 16.7 Å². The average Bonchev–Trinajstić information content (AvgIpc) is 2.53. The minimum atomic E-state index is 0.0840. The molecule has 0 spiro atoms. The Balaban J connectivity index is 1.79. The van der Waals surface area contributed by atoms with Gasteiger partial charge in [-0.3, -0.25) is 4.79 Å². The van der Waals surface area contributed by atoms with Crippen molar-refractivity contribution in [1.29, 1.82) is 0 Å². The first-order valence-electron chi connectivity index (χ1n) is 8.30. The first kappa shape index (κ1) is 18.2. The summed E-state index contributed by atoms with van der Waals surface area (Å²) in [5.74, 6) is 0.0840. The number of benzene rings is 1. The molecule has 0 saturated carbocycles. The Hall–Kier alpha value is -1.10. The molecule has 1 fully saturated rings. The Morgan fingerprint density at radius 1 is 1.30 bits per heavy atom. The van der Waals surface area contributed by atoms with E-state index in [9.17, 15) is 4.79 Å².